The first-order valence-electron chi connectivity index (χ1n) is 11.5. The summed E-state index contributed by atoms with van der Waals surface area (Å²) in [6, 6.07) is 12.4. The molecule has 2 heterocycles. The van der Waals surface area contributed by atoms with Crippen LogP contribution in [0.1, 0.15) is 41.2 Å². The zero-order valence-electron chi connectivity index (χ0n) is 19.7. The van der Waals surface area contributed by atoms with Crippen LogP contribution in [0.4, 0.5) is 0 Å². The average molecular weight is 461 g/mol. The van der Waals surface area contributed by atoms with Crippen LogP contribution in [-0.4, -0.2) is 78.1 Å². The normalized spacial score (nSPS) is 16.0. The van der Waals surface area contributed by atoms with Gasteiger partial charge >= 0.3 is 0 Å². The van der Waals surface area contributed by atoms with E-state index in [2.05, 4.69) is 21.6 Å². The number of hydrogen-bond acceptors (Lipinski definition) is 4. The first-order valence-corrected chi connectivity index (χ1v) is 12.9. The van der Waals surface area contributed by atoms with E-state index in [-0.39, 0.29) is 5.78 Å². The third kappa shape index (κ3) is 5.49. The fourth-order valence-electron chi connectivity index (χ4n) is 4.43. The van der Waals surface area contributed by atoms with E-state index in [1.54, 1.807) is 0 Å². The lowest BCUT2D eigenvalue weighted by molar-refractivity contribution is 0.0899. The summed E-state index contributed by atoms with van der Waals surface area (Å²) in [5.74, 6) is 0.101. The fraction of sp³-hybridized carbons (Fsp3) is 0.542. The Labute approximate surface area is 192 Å². The predicted octanol–water partition coefficient (Wildman–Crippen LogP) is 2.73. The van der Waals surface area contributed by atoms with Gasteiger partial charge in [-0.2, -0.15) is 17.0 Å². The summed E-state index contributed by atoms with van der Waals surface area (Å²) >= 11 is 0. The minimum absolute atomic E-state index is 0.101. The van der Waals surface area contributed by atoms with E-state index in [4.69, 9.17) is 0 Å². The third-order valence-electron chi connectivity index (χ3n) is 6.40. The summed E-state index contributed by atoms with van der Waals surface area (Å²) < 4.78 is 30.7. The number of carbonyl (C=O) groups is 1. The molecule has 0 atom stereocenters. The number of ketones is 1. The molecule has 0 spiro atoms. The van der Waals surface area contributed by atoms with Crippen LogP contribution in [0, 0.1) is 13.8 Å². The maximum absolute atomic E-state index is 13.1. The minimum Gasteiger partial charge on any atom is -0.348 e. The zero-order chi connectivity index (χ0) is 23.3. The molecule has 7 nitrogen and oxygen atoms in total. The largest absolute Gasteiger partial charge is 0.348 e. The summed E-state index contributed by atoms with van der Waals surface area (Å²) in [6.07, 6.45) is 0.924. The molecule has 0 radical (unpaired) electrons. The quantitative estimate of drug-likeness (QED) is 0.512. The molecule has 1 aliphatic heterocycles. The van der Waals surface area contributed by atoms with Gasteiger partial charge in [0, 0.05) is 62.8 Å². The second-order valence-electron chi connectivity index (χ2n) is 8.36. The highest BCUT2D eigenvalue weighted by Gasteiger charge is 2.31. The Morgan fingerprint density at radius 3 is 2.22 bits per heavy atom. The van der Waals surface area contributed by atoms with Gasteiger partial charge in [0.05, 0.1) is 6.54 Å². The Kier molecular flexibility index (Phi) is 8.27. The summed E-state index contributed by atoms with van der Waals surface area (Å²) in [6.45, 7) is 11.8. The second-order valence-corrected chi connectivity index (χ2v) is 10.3. The molecule has 0 saturated carbocycles. The fourth-order valence-corrected chi connectivity index (χ4v) is 6.04. The molecule has 2 aromatic rings. The predicted molar refractivity (Wildman–Crippen MR) is 128 cm³/mol. The van der Waals surface area contributed by atoms with Gasteiger partial charge in [0.2, 0.25) is 0 Å². The lowest BCUT2D eigenvalue weighted by atomic mass is 10.1. The number of benzene rings is 1. The summed E-state index contributed by atoms with van der Waals surface area (Å²) in [7, 11) is -3.41. The van der Waals surface area contributed by atoms with Crippen LogP contribution in [0.15, 0.2) is 36.4 Å². The topological polar surface area (TPSA) is 65.9 Å². The standard InChI is InChI=1S/C24H36N4O3S/c1-5-26(6-2)32(30,31)27-16-14-25(15-17-27)19-24(29)23-18-20(3)28(21(23)4)13-12-22-10-8-7-9-11-22/h7-11,18H,5-6,12-17,19H2,1-4H3. The smallest absolute Gasteiger partial charge is 0.282 e. The number of aryl methyl sites for hydroxylation is 2. The highest BCUT2D eigenvalue weighted by Crippen LogP contribution is 2.18. The van der Waals surface area contributed by atoms with Gasteiger partial charge < -0.3 is 4.57 Å². The Morgan fingerprint density at radius 1 is 1.00 bits per heavy atom. The number of aromatic nitrogens is 1. The van der Waals surface area contributed by atoms with E-state index in [1.165, 1.54) is 14.2 Å². The van der Waals surface area contributed by atoms with Crippen LogP contribution < -0.4 is 0 Å². The van der Waals surface area contributed by atoms with Gasteiger partial charge in [0.25, 0.3) is 10.2 Å². The van der Waals surface area contributed by atoms with Crippen molar-refractivity contribution in [1.82, 2.24) is 18.1 Å². The van der Waals surface area contributed by atoms with Crippen LogP contribution in [0.5, 0.6) is 0 Å². The Hall–Kier alpha value is -2.00. The van der Waals surface area contributed by atoms with Gasteiger partial charge in [-0.15, -0.1) is 0 Å². The van der Waals surface area contributed by atoms with Crippen LogP contribution in [-0.2, 0) is 23.2 Å². The van der Waals surface area contributed by atoms with E-state index in [9.17, 15) is 13.2 Å². The van der Waals surface area contributed by atoms with E-state index < -0.39 is 10.2 Å². The maximum atomic E-state index is 13.1. The maximum Gasteiger partial charge on any atom is 0.282 e. The summed E-state index contributed by atoms with van der Waals surface area (Å²) in [5.41, 5.74) is 4.15. The van der Waals surface area contributed by atoms with Crippen molar-refractivity contribution in [3.05, 3.63) is 58.9 Å². The molecule has 3 rings (SSSR count). The molecular weight excluding hydrogens is 424 g/mol. The molecule has 1 aromatic heterocycles. The number of hydrogen-bond donors (Lipinski definition) is 0. The van der Waals surface area contributed by atoms with E-state index in [0.29, 0.717) is 45.8 Å². The molecule has 1 saturated heterocycles. The molecule has 1 fully saturated rings. The zero-order valence-corrected chi connectivity index (χ0v) is 20.6. The lowest BCUT2D eigenvalue weighted by Crippen LogP contribution is -2.53. The van der Waals surface area contributed by atoms with Crippen molar-refractivity contribution in [2.75, 3.05) is 45.8 Å². The monoisotopic (exact) mass is 460 g/mol. The van der Waals surface area contributed by atoms with Crippen LogP contribution in [0.2, 0.25) is 0 Å². The summed E-state index contributed by atoms with van der Waals surface area (Å²) in [5, 5.41) is 0. The SMILES string of the molecule is CCN(CC)S(=O)(=O)N1CCN(CC(=O)c2cc(C)n(CCc3ccccc3)c2C)CC1. The molecule has 8 heteroatoms. The van der Waals surface area contributed by atoms with Crippen LogP contribution in [0.25, 0.3) is 0 Å². The number of nitrogens with zero attached hydrogens (tertiary/aromatic N) is 4. The van der Waals surface area contributed by atoms with Crippen LogP contribution >= 0.6 is 0 Å². The molecule has 0 N–H and O–H groups in total. The molecule has 0 amide bonds. The highest BCUT2D eigenvalue weighted by molar-refractivity contribution is 7.86. The second kappa shape index (κ2) is 10.7. The first kappa shape index (κ1) is 24.6. The molecule has 1 aliphatic rings. The molecule has 176 valence electrons. The van der Waals surface area contributed by atoms with Gasteiger partial charge in [-0.1, -0.05) is 44.2 Å². The van der Waals surface area contributed by atoms with Gasteiger partial charge in [0.1, 0.15) is 0 Å². The number of carbonyl (C=O) groups excluding carboxylic acids is 1. The number of Topliss-reactive ketones (excluding diaryl/α,β-unsaturated/α-hetero) is 1. The van der Waals surface area contributed by atoms with Gasteiger partial charge in [0.15, 0.2) is 5.78 Å². The number of rotatable bonds is 10. The van der Waals surface area contributed by atoms with Crippen molar-refractivity contribution in [3.8, 4) is 0 Å². The van der Waals surface area contributed by atoms with Gasteiger partial charge in [-0.3, -0.25) is 9.69 Å². The van der Waals surface area contributed by atoms with E-state index in [1.807, 2.05) is 52.0 Å². The molecular formula is C24H36N4O3S. The van der Waals surface area contributed by atoms with Crippen molar-refractivity contribution in [1.29, 1.82) is 0 Å². The first-order chi connectivity index (χ1) is 15.3. The Morgan fingerprint density at radius 2 is 1.62 bits per heavy atom. The van der Waals surface area contributed by atoms with E-state index in [0.717, 1.165) is 29.9 Å². The van der Waals surface area contributed by atoms with Crippen molar-refractivity contribution in [2.24, 2.45) is 0 Å². The molecule has 1 aromatic carbocycles. The molecule has 32 heavy (non-hydrogen) atoms. The van der Waals surface area contributed by atoms with Crippen molar-refractivity contribution < 1.29 is 13.2 Å². The van der Waals surface area contributed by atoms with Crippen molar-refractivity contribution in [2.45, 2.75) is 40.7 Å². The van der Waals surface area contributed by atoms with Crippen molar-refractivity contribution in [3.63, 3.8) is 0 Å². The Bertz CT molecular complexity index is 1010. The average Bonchev–Trinajstić information content (AvgIpc) is 3.07. The Balaban J connectivity index is 1.59. The van der Waals surface area contributed by atoms with Gasteiger partial charge in [-0.05, 0) is 31.9 Å². The molecule has 0 unspecified atom stereocenters. The molecule has 0 bridgehead atoms. The highest BCUT2D eigenvalue weighted by atomic mass is 32.2. The third-order valence-corrected chi connectivity index (χ3v) is 8.58. The lowest BCUT2D eigenvalue weighted by Gasteiger charge is -2.36. The van der Waals surface area contributed by atoms with E-state index >= 15 is 0 Å². The number of piperazine rings is 1. The minimum atomic E-state index is -3.41. The molecule has 0 aliphatic carbocycles. The van der Waals surface area contributed by atoms with Crippen LogP contribution in [0.3, 0.4) is 0 Å². The van der Waals surface area contributed by atoms with Gasteiger partial charge in [-0.25, -0.2) is 0 Å². The summed E-state index contributed by atoms with van der Waals surface area (Å²) in [4.78, 5) is 15.1. The van der Waals surface area contributed by atoms with Crippen molar-refractivity contribution >= 4 is 16.0 Å².